The summed E-state index contributed by atoms with van der Waals surface area (Å²) in [4.78, 5) is 8.32. The molecule has 0 fully saturated rings. The van der Waals surface area contributed by atoms with Gasteiger partial charge in [-0.3, -0.25) is 0 Å². The molecule has 0 saturated heterocycles. The minimum Gasteiger partial charge on any atom is -0.741 e. The van der Waals surface area contributed by atoms with Gasteiger partial charge in [-0.05, 0) is 199 Å². The van der Waals surface area contributed by atoms with E-state index < -0.39 is 46.9 Å². The van der Waals surface area contributed by atoms with Gasteiger partial charge in [0, 0.05) is 22.3 Å². The van der Waals surface area contributed by atoms with Crippen molar-refractivity contribution < 1.29 is 99.6 Å². The van der Waals surface area contributed by atoms with Crippen molar-refractivity contribution in [1.82, 2.24) is 0 Å². The quantitative estimate of drug-likeness (QED) is 0.0425. The lowest BCUT2D eigenvalue weighted by atomic mass is 10.1. The van der Waals surface area contributed by atoms with Crippen LogP contribution in [0.2, 0.25) is 0 Å². The first-order chi connectivity index (χ1) is 38.2. The first-order valence-corrected chi connectivity index (χ1v) is 33.0. The predicted molar refractivity (Wildman–Crippen MR) is 296 cm³/mol. The van der Waals surface area contributed by atoms with Gasteiger partial charge in [-0.2, -0.15) is 39.5 Å². The largest absolute Gasteiger partial charge is 0.741 e. The van der Waals surface area contributed by atoms with Gasteiger partial charge in [-0.25, -0.2) is 25.3 Å². The van der Waals surface area contributed by atoms with Gasteiger partial charge in [-0.1, -0.05) is 70.8 Å². The Morgan fingerprint density at radius 3 is 0.663 bits per heavy atom. The lowest BCUT2D eigenvalue weighted by Gasteiger charge is -2.13. The van der Waals surface area contributed by atoms with Crippen molar-refractivity contribution in [2.24, 2.45) is 0 Å². The third kappa shape index (κ3) is 18.9. The second kappa shape index (κ2) is 27.5. The van der Waals surface area contributed by atoms with Gasteiger partial charge in [0.15, 0.2) is 66.9 Å². The monoisotopic (exact) mass is 1360 g/mol. The van der Waals surface area contributed by atoms with Gasteiger partial charge in [-0.15, -0.1) is 0 Å². The summed E-state index contributed by atoms with van der Waals surface area (Å²) in [6.07, 6.45) is 0. The van der Waals surface area contributed by atoms with Crippen LogP contribution in [0.15, 0.2) is 199 Å². The van der Waals surface area contributed by atoms with Crippen molar-refractivity contribution in [1.29, 1.82) is 0 Å². The molecule has 8 aromatic rings. The Balaban J connectivity index is 0.000000439. The van der Waals surface area contributed by atoms with Crippen LogP contribution in [0.25, 0.3) is 22.3 Å². The smallest absolute Gasteiger partial charge is 0.485 e. The van der Waals surface area contributed by atoms with Crippen molar-refractivity contribution in [3.8, 4) is 22.3 Å². The molecule has 0 aliphatic rings. The predicted octanol–water partition coefficient (Wildman–Crippen LogP) is 12.0. The molecule has 0 N–H and O–H groups in total. The fourth-order valence-corrected chi connectivity index (χ4v) is 14.8. The molecule has 0 radical (unpaired) electrons. The van der Waals surface area contributed by atoms with Gasteiger partial charge in [0.2, 0.25) is 0 Å². The first kappa shape index (κ1) is 68.1. The maximum absolute atomic E-state index is 10.7. The highest BCUT2D eigenvalue weighted by Crippen LogP contribution is 2.38. The number of halogens is 10. The van der Waals surface area contributed by atoms with E-state index in [0.29, 0.717) is 0 Å². The molecule has 0 aromatic heterocycles. The Bertz CT molecular complexity index is 3500. The summed E-state index contributed by atoms with van der Waals surface area (Å²) < 4.78 is 180. The summed E-state index contributed by atoms with van der Waals surface area (Å²) in [5.41, 5.74) is -1.25. The molecule has 8 rings (SSSR count). The fraction of sp³-hybridized carbons (Fsp3) is 0.186. The molecular formula is C59H52F9IO9S5. The number of hydrogen-bond acceptors (Lipinski definition) is 9. The Hall–Kier alpha value is -5.71. The van der Waals surface area contributed by atoms with Crippen LogP contribution in [0, 0.1) is 62.5 Å². The highest BCUT2D eigenvalue weighted by molar-refractivity contribution is 7.97. The summed E-state index contributed by atoms with van der Waals surface area (Å²) in [5.74, 6) is 0. The topological polar surface area (TPSA) is 172 Å². The van der Waals surface area contributed by atoms with Crippen LogP contribution in [0.1, 0.15) is 44.5 Å². The Morgan fingerprint density at radius 1 is 0.313 bits per heavy atom. The lowest BCUT2D eigenvalue weighted by Crippen LogP contribution is -3.61. The van der Waals surface area contributed by atoms with Crippen LogP contribution in [-0.4, -0.2) is 55.4 Å². The van der Waals surface area contributed by atoms with Gasteiger partial charge in [0.25, 0.3) is 0 Å². The highest BCUT2D eigenvalue weighted by Gasteiger charge is 2.39. The fourth-order valence-electron chi connectivity index (χ4n) is 7.96. The van der Waals surface area contributed by atoms with E-state index in [2.05, 4.69) is 225 Å². The highest BCUT2D eigenvalue weighted by atomic mass is 127. The molecule has 0 heterocycles. The van der Waals surface area contributed by atoms with Crippen LogP contribution in [0.3, 0.4) is 0 Å². The molecule has 0 aliphatic carbocycles. The van der Waals surface area contributed by atoms with Crippen LogP contribution < -0.4 is 21.2 Å². The van der Waals surface area contributed by atoms with Gasteiger partial charge in [0.05, 0.1) is 21.8 Å². The second-order valence-electron chi connectivity index (χ2n) is 18.5. The summed E-state index contributed by atoms with van der Waals surface area (Å²) in [5, 5.41) is 0. The summed E-state index contributed by atoms with van der Waals surface area (Å²) in [6, 6.07) is 64.9. The van der Waals surface area contributed by atoms with Gasteiger partial charge in [0.1, 0.15) is 0 Å². The van der Waals surface area contributed by atoms with Crippen molar-refractivity contribution in [3.63, 3.8) is 0 Å². The molecule has 0 unspecified atom stereocenters. The van der Waals surface area contributed by atoms with E-state index in [1.165, 1.54) is 103 Å². The van der Waals surface area contributed by atoms with Crippen LogP contribution in [0.5, 0.6) is 0 Å². The average molecular weight is 1360 g/mol. The molecule has 0 amide bonds. The number of benzene rings is 8. The average Bonchev–Trinajstić information content (AvgIpc) is 2.62. The summed E-state index contributed by atoms with van der Waals surface area (Å²) in [7, 11) is -18.6. The zero-order chi connectivity index (χ0) is 62.2. The van der Waals surface area contributed by atoms with E-state index in [1.807, 2.05) is 0 Å². The van der Waals surface area contributed by atoms with Crippen molar-refractivity contribution in [2.75, 3.05) is 0 Å². The van der Waals surface area contributed by atoms with Crippen molar-refractivity contribution in [3.05, 3.63) is 222 Å². The molecule has 0 saturated carbocycles. The maximum Gasteiger partial charge on any atom is 0.485 e. The normalized spacial score (nSPS) is 12.2. The van der Waals surface area contributed by atoms with Crippen molar-refractivity contribution >= 4 is 52.1 Å². The Labute approximate surface area is 493 Å². The van der Waals surface area contributed by atoms with Crippen LogP contribution in [0.4, 0.5) is 39.5 Å². The van der Waals surface area contributed by atoms with Gasteiger partial charge >= 0.3 is 37.7 Å². The minimum atomic E-state index is -6.09. The van der Waals surface area contributed by atoms with E-state index in [-0.39, 0.29) is 43.0 Å². The molecule has 83 heavy (non-hydrogen) atoms. The Kier molecular flexibility index (Phi) is 22.6. The molecule has 24 heteroatoms. The molecule has 8 aromatic carbocycles. The first-order valence-electron chi connectivity index (χ1n) is 24.2. The van der Waals surface area contributed by atoms with E-state index >= 15 is 0 Å². The standard InChI is InChI=1S/C56H52IS2.3CHF3O3S/c1-37-9-29-53(41(5)33-37)58(54-30-10-38(2)34-42(54)6)51-25-17-47(18-26-51)45-13-21-49(22-14-45)57-50-23-15-46(16-24-50)48-19-27-52(28-20-48)59(55-31-11-39(3)35-43(55)7)56-32-12-40(4)36-44(56)8;3*2-1(3,4)8(5,6)7/h9-36H,1-8H3;3*(H,5,6,7)/q+3;;;/p-3. The second-order valence-corrected chi connectivity index (χ2v) is 29.6. The lowest BCUT2D eigenvalue weighted by molar-refractivity contribution is -0.597. The molecule has 9 nitrogen and oxygen atoms in total. The summed E-state index contributed by atoms with van der Waals surface area (Å²) >= 11 is -0.291. The molecule has 0 aliphatic heterocycles. The van der Waals surface area contributed by atoms with Crippen LogP contribution in [-0.2, 0) is 52.1 Å². The molecular weight excluding hydrogens is 1310 g/mol. The number of aryl methyl sites for hydroxylation is 8. The summed E-state index contributed by atoms with van der Waals surface area (Å²) in [6.45, 7) is 17.8. The maximum atomic E-state index is 10.7. The van der Waals surface area contributed by atoms with Crippen molar-refractivity contribution in [2.45, 2.75) is 101 Å². The number of alkyl halides is 9. The van der Waals surface area contributed by atoms with E-state index in [0.717, 1.165) is 0 Å². The molecule has 0 atom stereocenters. The van der Waals surface area contributed by atoms with E-state index in [4.69, 9.17) is 38.9 Å². The molecule has 442 valence electrons. The zero-order valence-electron chi connectivity index (χ0n) is 45.2. The zero-order valence-corrected chi connectivity index (χ0v) is 51.4. The SMILES string of the molecule is Cc1ccc([S+](c2ccc(-c3ccc([I+]c4ccc(-c5ccc([S+](c6ccc(C)cc6C)c6ccc(C)cc6C)cc5)cc4)cc3)cc2)c2ccc(C)cc2C)c(C)c1.O=S(=O)([O-])C(F)(F)F.O=S(=O)([O-])C(F)(F)F.O=S(=O)([O-])C(F)(F)F. The van der Waals surface area contributed by atoms with E-state index in [9.17, 15) is 39.5 Å². The minimum absolute atomic E-state index is 0.176. The third-order valence-corrected chi connectivity index (χ3v) is 21.3. The van der Waals surface area contributed by atoms with Crippen LogP contribution >= 0.6 is 0 Å². The Morgan fingerprint density at radius 2 is 0.494 bits per heavy atom. The molecule has 0 bridgehead atoms. The number of rotatable bonds is 10. The molecule has 0 spiro atoms. The van der Waals surface area contributed by atoms with E-state index in [1.54, 1.807) is 0 Å². The number of hydrogen-bond donors (Lipinski definition) is 0. The third-order valence-electron chi connectivity index (χ3n) is 11.8. The van der Waals surface area contributed by atoms with Gasteiger partial charge < -0.3 is 13.7 Å².